The number of carbonyl (C=O) groups excluding carboxylic acids is 1. The summed E-state index contributed by atoms with van der Waals surface area (Å²) in [6.45, 7) is 10.1. The fourth-order valence-electron chi connectivity index (χ4n) is 1.67. The van der Waals surface area contributed by atoms with Crippen LogP contribution in [-0.2, 0) is 19.8 Å². The summed E-state index contributed by atoms with van der Waals surface area (Å²) in [7, 11) is 0. The molecule has 0 aliphatic carbocycles. The van der Waals surface area contributed by atoms with Gasteiger partial charge in [0.25, 0.3) is 0 Å². The number of aromatic hydroxyl groups is 2. The molecule has 0 aliphatic rings. The zero-order valence-electron chi connectivity index (χ0n) is 15.8. The van der Waals surface area contributed by atoms with Crippen molar-refractivity contribution < 1.29 is 37.7 Å². The van der Waals surface area contributed by atoms with Crippen LogP contribution in [0, 0.1) is 6.92 Å². The smallest absolute Gasteiger partial charge is 0.414 e. The normalized spacial score (nSPS) is 9.19. The fraction of sp³-hybridized carbons (Fsp3) is 0.250. The van der Waals surface area contributed by atoms with Gasteiger partial charge >= 0.3 is 11.9 Å². The fourth-order valence-corrected chi connectivity index (χ4v) is 1.67. The van der Waals surface area contributed by atoms with Crippen LogP contribution in [0.2, 0.25) is 0 Å². The van der Waals surface area contributed by atoms with Crippen LogP contribution in [0.15, 0.2) is 48.5 Å². The van der Waals surface area contributed by atoms with E-state index >= 15 is 0 Å². The van der Waals surface area contributed by atoms with Crippen molar-refractivity contribution in [1.82, 2.24) is 0 Å². The Bertz CT molecular complexity index is 696. The summed E-state index contributed by atoms with van der Waals surface area (Å²) >= 11 is 0. The molecule has 0 unspecified atom stereocenters. The summed E-state index contributed by atoms with van der Waals surface area (Å²) in [5, 5.41) is 33.1. The molecule has 0 bridgehead atoms. The van der Waals surface area contributed by atoms with Crippen LogP contribution >= 0.6 is 0 Å². The molecule has 7 nitrogen and oxygen atoms in total. The Morgan fingerprint density at radius 3 is 1.41 bits per heavy atom. The molecule has 27 heavy (non-hydrogen) atoms. The van der Waals surface area contributed by atoms with Gasteiger partial charge in [-0.25, -0.2) is 9.59 Å². The third kappa shape index (κ3) is 11.8. The molecule has 0 spiro atoms. The minimum Gasteiger partial charge on any atom is -0.508 e. The number of hydrogen-bond donors (Lipinski definition) is 4. The highest BCUT2D eigenvalue weighted by atomic mass is 16.4. The topological polar surface area (TPSA) is 132 Å². The summed E-state index contributed by atoms with van der Waals surface area (Å²) in [4.78, 5) is 26.2. The molecule has 0 atom stereocenters. The van der Waals surface area contributed by atoms with E-state index in [9.17, 15) is 5.11 Å². The molecule has 0 amide bonds. The summed E-state index contributed by atoms with van der Waals surface area (Å²) in [6, 6.07) is 14.7. The van der Waals surface area contributed by atoms with Crippen molar-refractivity contribution in [3.05, 3.63) is 59.7 Å². The van der Waals surface area contributed by atoms with E-state index in [0.29, 0.717) is 11.5 Å². The average molecular weight is 382 g/mol. The molecule has 2 rings (SSSR count). The van der Waals surface area contributed by atoms with E-state index in [1.54, 1.807) is 12.1 Å². The van der Waals surface area contributed by atoms with Gasteiger partial charge in [-0.15, -0.1) is 0 Å². The first-order valence-corrected chi connectivity index (χ1v) is 7.75. The minimum absolute atomic E-state index is 0. The number of phenols is 2. The molecule has 0 saturated carbocycles. The van der Waals surface area contributed by atoms with Crippen LogP contribution in [0.3, 0.4) is 0 Å². The van der Waals surface area contributed by atoms with Gasteiger partial charge in [0.15, 0.2) is 0 Å². The number of para-hydroxylation sites is 2. The quantitative estimate of drug-likeness (QED) is 0.509. The van der Waals surface area contributed by atoms with Crippen LogP contribution in [0.1, 0.15) is 34.8 Å². The van der Waals surface area contributed by atoms with Gasteiger partial charge in [0.1, 0.15) is 18.3 Å². The van der Waals surface area contributed by atoms with Crippen molar-refractivity contribution in [3.8, 4) is 11.5 Å². The van der Waals surface area contributed by atoms with Crippen LogP contribution in [0.5, 0.6) is 11.5 Å². The SMILES string of the molecule is C=O.CC(C)(C)c1ccccc1O.Cc1ccccc1O.O=C(O)C(=O)O.[HH].[HH]. The first-order valence-electron chi connectivity index (χ1n) is 7.75. The van der Waals surface area contributed by atoms with Gasteiger partial charge in [0.05, 0.1) is 0 Å². The van der Waals surface area contributed by atoms with Gasteiger partial charge in [-0.05, 0) is 35.6 Å². The molecule has 2 aromatic carbocycles. The minimum atomic E-state index is -1.82. The number of carbonyl (C=O) groups is 3. The molecular weight excluding hydrogens is 352 g/mol. The third-order valence-electron chi connectivity index (χ3n) is 3.01. The van der Waals surface area contributed by atoms with Crippen molar-refractivity contribution in [2.45, 2.75) is 33.1 Å². The number of carboxylic acid groups (broad SMARTS) is 2. The predicted molar refractivity (Wildman–Crippen MR) is 106 cm³/mol. The Labute approximate surface area is 161 Å². The molecule has 152 valence electrons. The zero-order valence-corrected chi connectivity index (χ0v) is 15.8. The highest BCUT2D eigenvalue weighted by Crippen LogP contribution is 2.29. The Morgan fingerprint density at radius 2 is 1.19 bits per heavy atom. The van der Waals surface area contributed by atoms with Gasteiger partial charge < -0.3 is 25.2 Å². The number of hydrogen-bond acceptors (Lipinski definition) is 5. The van der Waals surface area contributed by atoms with E-state index in [-0.39, 0.29) is 8.27 Å². The van der Waals surface area contributed by atoms with Crippen molar-refractivity contribution >= 4 is 18.7 Å². The second-order valence-corrected chi connectivity index (χ2v) is 6.16. The third-order valence-corrected chi connectivity index (χ3v) is 3.01. The number of phenolic OH excluding ortho intramolecular Hbond substituents is 2. The Morgan fingerprint density at radius 1 is 0.815 bits per heavy atom. The molecule has 0 aliphatic heterocycles. The molecule has 7 heteroatoms. The largest absolute Gasteiger partial charge is 0.508 e. The highest BCUT2D eigenvalue weighted by molar-refractivity contribution is 6.27. The molecule has 0 aromatic heterocycles. The van der Waals surface area contributed by atoms with Crippen LogP contribution in [-0.4, -0.2) is 39.2 Å². The number of aryl methyl sites for hydroxylation is 1. The Kier molecular flexibility index (Phi) is 12.4. The molecular formula is C20H30O7. The molecule has 0 radical (unpaired) electrons. The van der Waals surface area contributed by atoms with E-state index in [4.69, 9.17) is 29.7 Å². The summed E-state index contributed by atoms with van der Waals surface area (Å²) in [6.07, 6.45) is 0. The monoisotopic (exact) mass is 382 g/mol. The molecule has 2 aromatic rings. The zero-order chi connectivity index (χ0) is 21.6. The first-order chi connectivity index (χ1) is 12.5. The molecule has 0 fully saturated rings. The lowest BCUT2D eigenvalue weighted by atomic mass is 9.86. The van der Waals surface area contributed by atoms with E-state index < -0.39 is 11.9 Å². The maximum atomic E-state index is 9.45. The second kappa shape index (κ2) is 12.9. The summed E-state index contributed by atoms with van der Waals surface area (Å²) in [5.74, 6) is -2.89. The van der Waals surface area contributed by atoms with Gasteiger partial charge in [0, 0.05) is 2.85 Å². The van der Waals surface area contributed by atoms with Crippen molar-refractivity contribution in [2.75, 3.05) is 0 Å². The standard InChI is InChI=1S/C10H14O.C7H8O.C2H2O4.CH2O.2H2/c1-10(2,3)8-6-4-5-7-9(8)11;1-6-4-2-3-5-7(6)8;3-1(4)2(5)6;1-2;;/h4-7,11H,1-3H3;2-5,8H,1H3;(H,3,4)(H,5,6);1H2;2*1H. The lowest BCUT2D eigenvalue weighted by Crippen LogP contribution is -2.10. The van der Waals surface area contributed by atoms with Crippen LogP contribution in [0.4, 0.5) is 0 Å². The predicted octanol–water partition coefficient (Wildman–Crippen LogP) is 3.85. The number of carboxylic acids is 2. The summed E-state index contributed by atoms with van der Waals surface area (Å²) in [5.41, 5.74) is 1.96. The van der Waals surface area contributed by atoms with Crippen LogP contribution < -0.4 is 0 Å². The van der Waals surface area contributed by atoms with Crippen molar-refractivity contribution in [1.29, 1.82) is 0 Å². The van der Waals surface area contributed by atoms with E-state index in [1.807, 2.05) is 50.1 Å². The Balaban J connectivity index is -0.000000156. The van der Waals surface area contributed by atoms with E-state index in [0.717, 1.165) is 11.1 Å². The number of rotatable bonds is 0. The maximum Gasteiger partial charge on any atom is 0.414 e. The van der Waals surface area contributed by atoms with E-state index in [2.05, 4.69) is 20.8 Å². The van der Waals surface area contributed by atoms with E-state index in [1.165, 1.54) is 0 Å². The molecule has 0 heterocycles. The Hall–Kier alpha value is -3.35. The molecule has 0 saturated heterocycles. The summed E-state index contributed by atoms with van der Waals surface area (Å²) < 4.78 is 0. The van der Waals surface area contributed by atoms with Crippen molar-refractivity contribution in [3.63, 3.8) is 0 Å². The second-order valence-electron chi connectivity index (χ2n) is 6.16. The lowest BCUT2D eigenvalue weighted by Gasteiger charge is -2.19. The van der Waals surface area contributed by atoms with Gasteiger partial charge in [0.2, 0.25) is 0 Å². The highest BCUT2D eigenvalue weighted by Gasteiger charge is 2.16. The number of benzene rings is 2. The van der Waals surface area contributed by atoms with Crippen LogP contribution in [0.25, 0.3) is 0 Å². The lowest BCUT2D eigenvalue weighted by molar-refractivity contribution is -0.159. The maximum absolute atomic E-state index is 9.45. The van der Waals surface area contributed by atoms with Gasteiger partial charge in [-0.1, -0.05) is 57.2 Å². The van der Waals surface area contributed by atoms with Gasteiger partial charge in [-0.2, -0.15) is 0 Å². The number of aliphatic carboxylic acids is 2. The molecule has 4 N–H and O–H groups in total. The van der Waals surface area contributed by atoms with Crippen molar-refractivity contribution in [2.24, 2.45) is 0 Å². The van der Waals surface area contributed by atoms with Gasteiger partial charge in [-0.3, -0.25) is 0 Å². The first kappa shape index (κ1) is 25.9. The average Bonchev–Trinajstić information content (AvgIpc) is 2.60.